The minimum Gasteiger partial charge on any atom is -0.507 e. The number of phenols is 1. The lowest BCUT2D eigenvalue weighted by Gasteiger charge is -2.18. The number of benzene rings is 2. The van der Waals surface area contributed by atoms with Gasteiger partial charge in [-0.2, -0.15) is 13.2 Å². The molecule has 2 aromatic rings. The van der Waals surface area contributed by atoms with E-state index in [0.717, 1.165) is 5.56 Å². The van der Waals surface area contributed by atoms with Crippen molar-refractivity contribution in [3.05, 3.63) is 64.7 Å². The molecule has 2 amide bonds. The SMILES string of the molecule is N=C(N)c1cccc(CN2CC[C@@H](c3cccc(CNC(=O)C(F)(F)F)c3O)C2=O)c1. The molecule has 1 aliphatic rings. The number of halogens is 3. The van der Waals surface area contributed by atoms with E-state index in [9.17, 15) is 27.9 Å². The van der Waals surface area contributed by atoms with Gasteiger partial charge in [0, 0.05) is 36.3 Å². The number of rotatable bonds is 6. The fourth-order valence-corrected chi connectivity index (χ4v) is 3.55. The number of nitrogens with two attached hydrogens (primary N) is 1. The summed E-state index contributed by atoms with van der Waals surface area (Å²) in [5, 5.41) is 19.8. The van der Waals surface area contributed by atoms with Crippen molar-refractivity contribution in [3.8, 4) is 5.75 Å². The second-order valence-electron chi connectivity index (χ2n) is 7.25. The molecule has 2 aromatic carbocycles. The molecule has 1 fully saturated rings. The summed E-state index contributed by atoms with van der Waals surface area (Å²) >= 11 is 0. The van der Waals surface area contributed by atoms with Crippen LogP contribution >= 0.6 is 0 Å². The molecule has 0 radical (unpaired) electrons. The number of nitrogen functional groups attached to an aromatic ring is 1. The topological polar surface area (TPSA) is 120 Å². The van der Waals surface area contributed by atoms with Crippen molar-refractivity contribution in [2.24, 2.45) is 5.73 Å². The van der Waals surface area contributed by atoms with E-state index in [-0.39, 0.29) is 23.1 Å². The Morgan fingerprint density at radius 1 is 1.26 bits per heavy atom. The number of nitrogens with zero attached hydrogens (tertiary/aromatic N) is 1. The summed E-state index contributed by atoms with van der Waals surface area (Å²) in [5.74, 6) is -3.35. The molecule has 0 bridgehead atoms. The van der Waals surface area contributed by atoms with Crippen molar-refractivity contribution < 1.29 is 27.9 Å². The van der Waals surface area contributed by atoms with Gasteiger partial charge in [-0.1, -0.05) is 36.4 Å². The number of likely N-dealkylation sites (tertiary alicyclic amines) is 1. The first kappa shape index (κ1) is 22.1. The van der Waals surface area contributed by atoms with E-state index >= 15 is 0 Å². The summed E-state index contributed by atoms with van der Waals surface area (Å²) in [6, 6.07) is 11.4. The van der Waals surface area contributed by atoms with Crippen LogP contribution < -0.4 is 11.1 Å². The van der Waals surface area contributed by atoms with Crippen LogP contribution in [-0.4, -0.2) is 40.4 Å². The predicted octanol–water partition coefficient (Wildman–Crippen LogP) is 2.37. The maximum absolute atomic E-state index is 12.9. The summed E-state index contributed by atoms with van der Waals surface area (Å²) in [6.45, 7) is 0.224. The molecule has 164 valence electrons. The summed E-state index contributed by atoms with van der Waals surface area (Å²) in [6.07, 6.45) is -4.59. The molecule has 1 heterocycles. The number of para-hydroxylation sites is 1. The van der Waals surface area contributed by atoms with Crippen LogP contribution in [0, 0.1) is 5.41 Å². The number of carbonyl (C=O) groups excluding carboxylic acids is 2. The van der Waals surface area contributed by atoms with Gasteiger partial charge < -0.3 is 21.1 Å². The highest BCUT2D eigenvalue weighted by atomic mass is 19.4. The van der Waals surface area contributed by atoms with Gasteiger partial charge in [-0.05, 0) is 18.1 Å². The lowest BCUT2D eigenvalue weighted by molar-refractivity contribution is -0.173. The van der Waals surface area contributed by atoms with Crippen LogP contribution in [-0.2, 0) is 22.7 Å². The van der Waals surface area contributed by atoms with Crippen LogP contribution in [0.4, 0.5) is 13.2 Å². The van der Waals surface area contributed by atoms with E-state index in [4.69, 9.17) is 11.1 Å². The second kappa shape index (κ2) is 8.66. The number of aromatic hydroxyl groups is 1. The predicted molar refractivity (Wildman–Crippen MR) is 106 cm³/mol. The first-order chi connectivity index (χ1) is 14.6. The van der Waals surface area contributed by atoms with Crippen LogP contribution in [0.15, 0.2) is 42.5 Å². The third-order valence-corrected chi connectivity index (χ3v) is 5.13. The summed E-state index contributed by atoms with van der Waals surface area (Å²) in [4.78, 5) is 25.6. The van der Waals surface area contributed by atoms with E-state index in [1.807, 2.05) is 6.07 Å². The van der Waals surface area contributed by atoms with Crippen molar-refractivity contribution in [2.75, 3.05) is 6.54 Å². The molecule has 0 unspecified atom stereocenters. The smallest absolute Gasteiger partial charge is 0.471 e. The number of hydrogen-bond donors (Lipinski definition) is 4. The Kier molecular flexibility index (Phi) is 6.19. The lowest BCUT2D eigenvalue weighted by atomic mass is 9.94. The molecule has 31 heavy (non-hydrogen) atoms. The third-order valence-electron chi connectivity index (χ3n) is 5.13. The zero-order valence-corrected chi connectivity index (χ0v) is 16.4. The zero-order chi connectivity index (χ0) is 22.8. The Morgan fingerprint density at radius 3 is 2.65 bits per heavy atom. The van der Waals surface area contributed by atoms with Crippen molar-refractivity contribution in [2.45, 2.75) is 31.6 Å². The van der Waals surface area contributed by atoms with Gasteiger partial charge in [0.1, 0.15) is 11.6 Å². The largest absolute Gasteiger partial charge is 0.507 e. The Bertz CT molecular complexity index is 1020. The fraction of sp³-hybridized carbons (Fsp3) is 0.286. The second-order valence-corrected chi connectivity index (χ2v) is 7.25. The maximum atomic E-state index is 12.9. The van der Waals surface area contributed by atoms with Crippen molar-refractivity contribution in [3.63, 3.8) is 0 Å². The molecule has 1 aliphatic heterocycles. The number of phenolic OH excluding ortho intramolecular Hbond substituents is 1. The van der Waals surface area contributed by atoms with Crippen LogP contribution in [0.1, 0.15) is 34.6 Å². The Morgan fingerprint density at radius 2 is 1.97 bits per heavy atom. The first-order valence-electron chi connectivity index (χ1n) is 9.46. The first-order valence-corrected chi connectivity index (χ1v) is 9.46. The standard InChI is InChI=1S/C21H21F3N4O3/c22-21(23,24)20(31)27-10-14-5-2-6-15(17(14)29)16-7-8-28(19(16)30)11-12-3-1-4-13(9-12)18(25)26/h1-6,9,16,29H,7-8,10-11H2,(H3,25,26)(H,27,31)/t16-/m0/s1. The molecule has 5 N–H and O–H groups in total. The number of amides is 2. The molecule has 7 nitrogen and oxygen atoms in total. The van der Waals surface area contributed by atoms with Gasteiger partial charge in [-0.25, -0.2) is 0 Å². The average Bonchev–Trinajstić information content (AvgIpc) is 3.06. The van der Waals surface area contributed by atoms with E-state index in [1.54, 1.807) is 34.5 Å². The van der Waals surface area contributed by atoms with Crippen LogP contribution in [0.2, 0.25) is 0 Å². The third kappa shape index (κ3) is 4.96. The van der Waals surface area contributed by atoms with E-state index in [2.05, 4.69) is 0 Å². The Labute approximate surface area is 176 Å². The van der Waals surface area contributed by atoms with Crippen molar-refractivity contribution in [1.29, 1.82) is 5.41 Å². The van der Waals surface area contributed by atoms with Gasteiger partial charge in [0.25, 0.3) is 0 Å². The molecule has 0 aliphatic carbocycles. The lowest BCUT2D eigenvalue weighted by Crippen LogP contribution is -2.36. The summed E-state index contributed by atoms with van der Waals surface area (Å²) < 4.78 is 37.1. The molecule has 1 saturated heterocycles. The molecule has 10 heteroatoms. The van der Waals surface area contributed by atoms with Crippen molar-refractivity contribution in [1.82, 2.24) is 10.2 Å². The van der Waals surface area contributed by atoms with Gasteiger partial charge in [0.2, 0.25) is 5.91 Å². The average molecular weight is 434 g/mol. The quantitative estimate of drug-likeness (QED) is 0.412. The number of alkyl halides is 3. The van der Waals surface area contributed by atoms with Gasteiger partial charge in [-0.3, -0.25) is 15.0 Å². The highest BCUT2D eigenvalue weighted by molar-refractivity contribution is 5.95. The Balaban J connectivity index is 1.72. The van der Waals surface area contributed by atoms with Crippen molar-refractivity contribution >= 4 is 17.6 Å². The van der Waals surface area contributed by atoms with Gasteiger partial charge in [0.15, 0.2) is 0 Å². The zero-order valence-electron chi connectivity index (χ0n) is 16.4. The molecular formula is C21H21F3N4O3. The molecule has 0 saturated carbocycles. The maximum Gasteiger partial charge on any atom is 0.471 e. The molecule has 3 rings (SSSR count). The fourth-order valence-electron chi connectivity index (χ4n) is 3.55. The van der Waals surface area contributed by atoms with Gasteiger partial charge in [-0.15, -0.1) is 0 Å². The number of amidine groups is 1. The molecule has 1 atom stereocenters. The molecule has 0 spiro atoms. The Hall–Kier alpha value is -3.56. The van der Waals surface area contributed by atoms with Gasteiger partial charge in [0.05, 0.1) is 5.92 Å². The van der Waals surface area contributed by atoms with E-state index < -0.39 is 24.5 Å². The van der Waals surface area contributed by atoms with E-state index in [1.165, 1.54) is 12.1 Å². The van der Waals surface area contributed by atoms with Gasteiger partial charge >= 0.3 is 12.1 Å². The molecule has 0 aromatic heterocycles. The van der Waals surface area contributed by atoms with Crippen LogP contribution in [0.3, 0.4) is 0 Å². The van der Waals surface area contributed by atoms with E-state index in [0.29, 0.717) is 30.6 Å². The highest BCUT2D eigenvalue weighted by Gasteiger charge is 2.39. The van der Waals surface area contributed by atoms with Crippen LogP contribution in [0.25, 0.3) is 0 Å². The monoisotopic (exact) mass is 434 g/mol. The summed E-state index contributed by atoms with van der Waals surface area (Å²) in [5.41, 5.74) is 7.25. The normalized spacial score (nSPS) is 16.4. The summed E-state index contributed by atoms with van der Waals surface area (Å²) in [7, 11) is 0. The van der Waals surface area contributed by atoms with Crippen LogP contribution in [0.5, 0.6) is 5.75 Å². The number of carbonyl (C=O) groups is 2. The number of hydrogen-bond acceptors (Lipinski definition) is 4. The minimum absolute atomic E-state index is 0.0770. The minimum atomic E-state index is -5.02. The number of nitrogens with one attached hydrogen (secondary N) is 2. The highest BCUT2D eigenvalue weighted by Crippen LogP contribution is 2.36. The molecular weight excluding hydrogens is 413 g/mol.